The van der Waals surface area contributed by atoms with Crippen LogP contribution in [0.4, 0.5) is 0 Å². The Morgan fingerprint density at radius 2 is 2.09 bits per heavy atom. The Balaban J connectivity index is 2.61. The van der Waals surface area contributed by atoms with Gasteiger partial charge in [-0.2, -0.15) is 0 Å². The predicted molar refractivity (Wildman–Crippen MR) is 45.2 cm³/mol. The standard InChI is InChI=1S/C9H13NO/c10-9(7-11)6-8-4-2-1-3-5-8/h1-5,9,11H,6-7,10H2/t9-/m0/s1/i7D2. The van der Waals surface area contributed by atoms with E-state index in [2.05, 4.69) is 0 Å². The quantitative estimate of drug-likeness (QED) is 0.666. The molecule has 1 aromatic carbocycles. The van der Waals surface area contributed by atoms with Gasteiger partial charge in [-0.05, 0) is 12.0 Å². The molecular formula is C9H13NO. The smallest absolute Gasteiger partial charge is 0.0585 e. The molecule has 0 radical (unpaired) electrons. The molecule has 0 aromatic heterocycles. The van der Waals surface area contributed by atoms with Crippen molar-refractivity contribution < 1.29 is 7.85 Å². The first-order valence-corrected chi connectivity index (χ1v) is 3.52. The average Bonchev–Trinajstić information content (AvgIpc) is 2.04. The molecule has 0 fully saturated rings. The molecule has 2 nitrogen and oxygen atoms in total. The highest BCUT2D eigenvalue weighted by Gasteiger charge is 1.99. The van der Waals surface area contributed by atoms with Crippen LogP contribution in [-0.4, -0.2) is 17.7 Å². The van der Waals surface area contributed by atoms with Gasteiger partial charge < -0.3 is 10.8 Å². The van der Waals surface area contributed by atoms with Crippen molar-refractivity contribution in [1.29, 1.82) is 0 Å². The molecule has 0 spiro atoms. The lowest BCUT2D eigenvalue weighted by atomic mass is 10.1. The highest BCUT2D eigenvalue weighted by Crippen LogP contribution is 2.00. The molecule has 60 valence electrons. The lowest BCUT2D eigenvalue weighted by Gasteiger charge is -2.06. The van der Waals surface area contributed by atoms with Crippen molar-refractivity contribution in [2.75, 3.05) is 6.56 Å². The largest absolute Gasteiger partial charge is 0.395 e. The maximum atomic E-state index is 8.96. The third-order valence-electron chi connectivity index (χ3n) is 1.46. The topological polar surface area (TPSA) is 46.2 Å². The summed E-state index contributed by atoms with van der Waals surface area (Å²) in [5.74, 6) is 0. The van der Waals surface area contributed by atoms with E-state index in [1.54, 1.807) is 0 Å². The van der Waals surface area contributed by atoms with Crippen molar-refractivity contribution in [1.82, 2.24) is 0 Å². The monoisotopic (exact) mass is 153 g/mol. The molecule has 11 heavy (non-hydrogen) atoms. The highest BCUT2D eigenvalue weighted by atomic mass is 16.3. The van der Waals surface area contributed by atoms with Gasteiger partial charge in [-0.3, -0.25) is 0 Å². The fourth-order valence-electron chi connectivity index (χ4n) is 0.914. The Hall–Kier alpha value is -0.860. The lowest BCUT2D eigenvalue weighted by molar-refractivity contribution is 0.265. The van der Waals surface area contributed by atoms with Crippen LogP contribution in [0, 0.1) is 0 Å². The van der Waals surface area contributed by atoms with Crippen LogP contribution in [0.3, 0.4) is 0 Å². The summed E-state index contributed by atoms with van der Waals surface area (Å²) in [6, 6.07) is 8.42. The molecule has 0 aliphatic heterocycles. The Labute approximate surface area is 69.5 Å². The fraction of sp³-hybridized carbons (Fsp3) is 0.333. The molecule has 0 unspecified atom stereocenters. The normalized spacial score (nSPS) is 16.9. The van der Waals surface area contributed by atoms with Gasteiger partial charge in [0.25, 0.3) is 0 Å². The van der Waals surface area contributed by atoms with E-state index < -0.39 is 12.6 Å². The summed E-state index contributed by atoms with van der Waals surface area (Å²) >= 11 is 0. The Bertz CT molecular complexity index is 258. The van der Waals surface area contributed by atoms with Crippen molar-refractivity contribution in [3.05, 3.63) is 35.9 Å². The summed E-state index contributed by atoms with van der Waals surface area (Å²) in [6.07, 6.45) is 0.338. The lowest BCUT2D eigenvalue weighted by Crippen LogP contribution is -2.26. The zero-order chi connectivity index (χ0) is 9.90. The van der Waals surface area contributed by atoms with Crippen molar-refractivity contribution in [3.63, 3.8) is 0 Å². The van der Waals surface area contributed by atoms with Gasteiger partial charge in [0, 0.05) is 6.04 Å². The molecule has 1 rings (SSSR count). The number of hydrogen-bond acceptors (Lipinski definition) is 2. The number of aliphatic hydroxyl groups is 1. The zero-order valence-corrected chi connectivity index (χ0v) is 6.20. The molecule has 0 aliphatic rings. The third kappa shape index (κ3) is 2.70. The Morgan fingerprint density at radius 1 is 1.45 bits per heavy atom. The number of benzene rings is 1. The van der Waals surface area contributed by atoms with Crippen molar-refractivity contribution >= 4 is 0 Å². The van der Waals surface area contributed by atoms with Crippen LogP contribution in [0.1, 0.15) is 8.30 Å². The Kier molecular flexibility index (Phi) is 2.15. The van der Waals surface area contributed by atoms with Gasteiger partial charge in [0.05, 0.1) is 9.30 Å². The van der Waals surface area contributed by atoms with Gasteiger partial charge in [0.2, 0.25) is 0 Å². The first-order valence-electron chi connectivity index (χ1n) is 4.52. The molecular weight excluding hydrogens is 138 g/mol. The molecule has 0 amide bonds. The van der Waals surface area contributed by atoms with Crippen LogP contribution >= 0.6 is 0 Å². The van der Waals surface area contributed by atoms with E-state index >= 15 is 0 Å². The molecule has 1 atom stereocenters. The van der Waals surface area contributed by atoms with Crippen LogP contribution in [-0.2, 0) is 6.42 Å². The minimum Gasteiger partial charge on any atom is -0.395 e. The maximum absolute atomic E-state index is 8.96. The van der Waals surface area contributed by atoms with Gasteiger partial charge in [-0.15, -0.1) is 0 Å². The molecule has 0 bridgehead atoms. The van der Waals surface area contributed by atoms with Crippen molar-refractivity contribution in [2.45, 2.75) is 12.5 Å². The number of rotatable bonds is 3. The van der Waals surface area contributed by atoms with Crippen LogP contribution in [0.2, 0.25) is 0 Å². The van der Waals surface area contributed by atoms with Crippen LogP contribution < -0.4 is 5.73 Å². The maximum Gasteiger partial charge on any atom is 0.0585 e. The predicted octanol–water partition coefficient (Wildman–Crippen LogP) is 0.549. The summed E-state index contributed by atoms with van der Waals surface area (Å²) in [5, 5.41) is 8.96. The van der Waals surface area contributed by atoms with Crippen molar-refractivity contribution in [2.24, 2.45) is 5.73 Å². The third-order valence-corrected chi connectivity index (χ3v) is 1.46. The number of nitrogens with two attached hydrogens (primary N) is 1. The summed E-state index contributed by atoms with van der Waals surface area (Å²) in [4.78, 5) is 0. The van der Waals surface area contributed by atoms with E-state index in [4.69, 9.17) is 13.6 Å². The van der Waals surface area contributed by atoms with E-state index in [0.29, 0.717) is 6.42 Å². The van der Waals surface area contributed by atoms with Crippen LogP contribution in [0.5, 0.6) is 0 Å². The van der Waals surface area contributed by atoms with Gasteiger partial charge in [-0.25, -0.2) is 0 Å². The van der Waals surface area contributed by atoms with Gasteiger partial charge >= 0.3 is 0 Å². The number of hydrogen-bond donors (Lipinski definition) is 2. The van der Waals surface area contributed by atoms with E-state index in [1.165, 1.54) is 0 Å². The van der Waals surface area contributed by atoms with E-state index in [0.717, 1.165) is 5.56 Å². The summed E-state index contributed by atoms with van der Waals surface area (Å²) < 4.78 is 14.0. The molecule has 0 aliphatic carbocycles. The average molecular weight is 153 g/mol. The molecule has 1 aromatic rings. The summed E-state index contributed by atoms with van der Waals surface area (Å²) in [7, 11) is 0. The summed E-state index contributed by atoms with van der Waals surface area (Å²) in [6.45, 7) is -2.31. The summed E-state index contributed by atoms with van der Waals surface area (Å²) in [5.41, 5.74) is 6.38. The first-order chi connectivity index (χ1) is 6.00. The van der Waals surface area contributed by atoms with Gasteiger partial charge in [0.15, 0.2) is 0 Å². The second kappa shape index (κ2) is 4.11. The zero-order valence-electron chi connectivity index (χ0n) is 8.20. The highest BCUT2D eigenvalue weighted by molar-refractivity contribution is 5.15. The Morgan fingerprint density at radius 3 is 2.64 bits per heavy atom. The SMILES string of the molecule is [2H]C([2H])(O)[C@@H](N)Cc1ccccc1. The second-order valence-corrected chi connectivity index (χ2v) is 2.43. The molecule has 0 saturated carbocycles. The van der Waals surface area contributed by atoms with E-state index in [-0.39, 0.29) is 0 Å². The minimum absolute atomic E-state index is 0.338. The molecule has 0 heterocycles. The second-order valence-electron chi connectivity index (χ2n) is 2.43. The van der Waals surface area contributed by atoms with Gasteiger partial charge in [0.1, 0.15) is 0 Å². The van der Waals surface area contributed by atoms with Crippen molar-refractivity contribution in [3.8, 4) is 0 Å². The van der Waals surface area contributed by atoms with Gasteiger partial charge in [-0.1, -0.05) is 30.3 Å². The minimum atomic E-state index is -2.31. The van der Waals surface area contributed by atoms with Crippen LogP contribution in [0.15, 0.2) is 30.3 Å². The molecule has 3 N–H and O–H groups in total. The molecule has 0 saturated heterocycles. The van der Waals surface area contributed by atoms with Crippen LogP contribution in [0.25, 0.3) is 0 Å². The first kappa shape index (κ1) is 5.75. The molecule has 2 heteroatoms. The van der Waals surface area contributed by atoms with E-state index in [9.17, 15) is 0 Å². The van der Waals surface area contributed by atoms with E-state index in [1.807, 2.05) is 30.3 Å². The fourth-order valence-corrected chi connectivity index (χ4v) is 0.914.